The number of halogens is 1. The Morgan fingerprint density at radius 1 is 1.33 bits per heavy atom. The lowest BCUT2D eigenvalue weighted by molar-refractivity contribution is -0.114. The minimum absolute atomic E-state index is 0. The van der Waals surface area contributed by atoms with E-state index in [2.05, 4.69) is 27.6 Å². The number of carbonyl (C=O) groups is 1. The molecular formula is C17H19IN4OS. The molecule has 2 rings (SSSR count). The number of terminal acetylenes is 1. The van der Waals surface area contributed by atoms with Crippen LogP contribution in [0.4, 0.5) is 5.69 Å². The first-order chi connectivity index (χ1) is 11.2. The Bertz CT molecular complexity index is 722. The molecule has 1 aromatic carbocycles. The van der Waals surface area contributed by atoms with E-state index in [-0.39, 0.29) is 42.4 Å². The third kappa shape index (κ3) is 7.02. The monoisotopic (exact) mass is 454 g/mol. The van der Waals surface area contributed by atoms with Gasteiger partial charge in [-0.05, 0) is 36.1 Å². The summed E-state index contributed by atoms with van der Waals surface area (Å²) in [5, 5.41) is 7.75. The number of nitrogens with one attached hydrogen (secondary N) is 2. The molecule has 7 heteroatoms. The van der Waals surface area contributed by atoms with E-state index in [0.717, 1.165) is 6.42 Å². The molecule has 0 atom stereocenters. The predicted molar refractivity (Wildman–Crippen MR) is 111 cm³/mol. The van der Waals surface area contributed by atoms with Crippen LogP contribution in [0.1, 0.15) is 10.4 Å². The number of nitrogens with two attached hydrogens (primary N) is 1. The second-order valence-corrected chi connectivity index (χ2v) is 5.76. The number of benzene rings is 1. The molecule has 5 nitrogen and oxygen atoms in total. The molecule has 0 aliphatic carbocycles. The Morgan fingerprint density at radius 3 is 2.88 bits per heavy atom. The topological polar surface area (TPSA) is 79.5 Å². The summed E-state index contributed by atoms with van der Waals surface area (Å²) in [6, 6.07) is 11.2. The molecule has 0 aliphatic rings. The number of hydrogen-bond acceptors (Lipinski definition) is 3. The van der Waals surface area contributed by atoms with Crippen LogP contribution >= 0.6 is 35.3 Å². The zero-order valence-electron chi connectivity index (χ0n) is 13.0. The molecule has 0 bridgehead atoms. The van der Waals surface area contributed by atoms with Gasteiger partial charge in [0.1, 0.15) is 6.54 Å². The van der Waals surface area contributed by atoms with Crippen LogP contribution in [0.2, 0.25) is 0 Å². The molecule has 4 N–H and O–H groups in total. The number of amides is 1. The van der Waals surface area contributed by atoms with Crippen LogP contribution in [0, 0.1) is 12.3 Å². The maximum absolute atomic E-state index is 11.8. The van der Waals surface area contributed by atoms with E-state index in [0.29, 0.717) is 17.8 Å². The lowest BCUT2D eigenvalue weighted by atomic mass is 10.2. The summed E-state index contributed by atoms with van der Waals surface area (Å²) in [6.07, 6.45) is 6.19. The molecular weight excluding hydrogens is 435 g/mol. The third-order valence-corrected chi connectivity index (χ3v) is 3.90. The standard InChI is InChI=1S/C17H18N4OS.HI/c1-2-13-5-3-6-14(11-13)21-16(22)12-20-17(18)19-9-8-15-7-4-10-23-15;/h1,3-7,10-11H,8-9,12H2,(H,21,22)(H3,18,19,20);1H. The summed E-state index contributed by atoms with van der Waals surface area (Å²) in [7, 11) is 0. The van der Waals surface area contributed by atoms with Gasteiger partial charge in [0.15, 0.2) is 5.96 Å². The summed E-state index contributed by atoms with van der Waals surface area (Å²) >= 11 is 1.70. The molecule has 0 saturated carbocycles. The zero-order chi connectivity index (χ0) is 16.5. The second kappa shape index (κ2) is 10.7. The third-order valence-electron chi connectivity index (χ3n) is 2.96. The average Bonchev–Trinajstić information content (AvgIpc) is 3.06. The lowest BCUT2D eigenvalue weighted by Crippen LogP contribution is -2.34. The van der Waals surface area contributed by atoms with Crippen LogP contribution in [0.15, 0.2) is 46.8 Å². The second-order valence-electron chi connectivity index (χ2n) is 4.73. The van der Waals surface area contributed by atoms with Gasteiger partial charge in [-0.15, -0.1) is 41.7 Å². The quantitative estimate of drug-likeness (QED) is 0.272. The number of carbonyl (C=O) groups excluding carboxylic acids is 1. The Morgan fingerprint density at radius 2 is 2.17 bits per heavy atom. The van der Waals surface area contributed by atoms with Crippen molar-refractivity contribution in [1.29, 1.82) is 0 Å². The highest BCUT2D eigenvalue weighted by Gasteiger charge is 2.02. The molecule has 24 heavy (non-hydrogen) atoms. The molecule has 0 aliphatic heterocycles. The van der Waals surface area contributed by atoms with E-state index < -0.39 is 0 Å². The van der Waals surface area contributed by atoms with Crippen molar-refractivity contribution in [1.82, 2.24) is 5.32 Å². The molecule has 0 fully saturated rings. The highest BCUT2D eigenvalue weighted by molar-refractivity contribution is 14.0. The minimum Gasteiger partial charge on any atom is -0.370 e. The molecule has 0 radical (unpaired) electrons. The lowest BCUT2D eigenvalue weighted by Gasteiger charge is -2.06. The summed E-state index contributed by atoms with van der Waals surface area (Å²) in [4.78, 5) is 17.1. The van der Waals surface area contributed by atoms with Crippen molar-refractivity contribution in [2.75, 3.05) is 18.4 Å². The van der Waals surface area contributed by atoms with Crippen molar-refractivity contribution in [3.8, 4) is 12.3 Å². The molecule has 1 heterocycles. The highest BCUT2D eigenvalue weighted by Crippen LogP contribution is 2.09. The summed E-state index contributed by atoms with van der Waals surface area (Å²) in [6.45, 7) is 0.639. The van der Waals surface area contributed by atoms with Gasteiger partial charge in [0.05, 0.1) is 0 Å². The zero-order valence-corrected chi connectivity index (χ0v) is 16.1. The van der Waals surface area contributed by atoms with Gasteiger partial charge in [-0.25, -0.2) is 4.99 Å². The predicted octanol–water partition coefficient (Wildman–Crippen LogP) is 2.43. The molecule has 0 spiro atoms. The SMILES string of the molecule is C#Cc1cccc(NC(=O)CN=C(N)NCCc2cccs2)c1.I. The summed E-state index contributed by atoms with van der Waals surface area (Å²) in [5.74, 6) is 2.53. The van der Waals surface area contributed by atoms with Gasteiger partial charge in [0, 0.05) is 22.7 Å². The van der Waals surface area contributed by atoms with Gasteiger partial charge in [0.2, 0.25) is 5.91 Å². The Kier molecular flexibility index (Phi) is 8.89. The van der Waals surface area contributed by atoms with Crippen molar-refractivity contribution in [2.24, 2.45) is 10.7 Å². The number of rotatable bonds is 6. The maximum Gasteiger partial charge on any atom is 0.246 e. The van der Waals surface area contributed by atoms with Crippen LogP contribution in [-0.4, -0.2) is 25.0 Å². The van der Waals surface area contributed by atoms with Crippen LogP contribution in [0.3, 0.4) is 0 Å². The van der Waals surface area contributed by atoms with E-state index in [1.54, 1.807) is 35.6 Å². The number of guanidine groups is 1. The molecule has 1 aromatic heterocycles. The number of nitrogens with zero attached hydrogens (tertiary/aromatic N) is 1. The van der Waals surface area contributed by atoms with E-state index in [1.807, 2.05) is 11.4 Å². The van der Waals surface area contributed by atoms with Crippen molar-refractivity contribution < 1.29 is 4.79 Å². The van der Waals surface area contributed by atoms with Crippen LogP contribution in [-0.2, 0) is 11.2 Å². The maximum atomic E-state index is 11.8. The van der Waals surface area contributed by atoms with E-state index in [1.165, 1.54) is 4.88 Å². The van der Waals surface area contributed by atoms with Gasteiger partial charge < -0.3 is 16.4 Å². The van der Waals surface area contributed by atoms with E-state index in [4.69, 9.17) is 12.2 Å². The number of anilines is 1. The van der Waals surface area contributed by atoms with Gasteiger partial charge >= 0.3 is 0 Å². The van der Waals surface area contributed by atoms with E-state index >= 15 is 0 Å². The molecule has 126 valence electrons. The number of hydrogen-bond donors (Lipinski definition) is 3. The summed E-state index contributed by atoms with van der Waals surface area (Å²) in [5.41, 5.74) is 7.09. The van der Waals surface area contributed by atoms with Crippen molar-refractivity contribution in [3.63, 3.8) is 0 Å². The Labute approximate surface area is 162 Å². The van der Waals surface area contributed by atoms with Crippen molar-refractivity contribution in [3.05, 3.63) is 52.2 Å². The fourth-order valence-electron chi connectivity index (χ4n) is 1.87. The largest absolute Gasteiger partial charge is 0.370 e. The van der Waals surface area contributed by atoms with Crippen LogP contribution < -0.4 is 16.4 Å². The van der Waals surface area contributed by atoms with Gasteiger partial charge in [0.25, 0.3) is 0 Å². The Hall–Kier alpha value is -2.05. The smallest absolute Gasteiger partial charge is 0.246 e. The van der Waals surface area contributed by atoms with Gasteiger partial charge in [-0.3, -0.25) is 4.79 Å². The van der Waals surface area contributed by atoms with Crippen LogP contribution in [0.25, 0.3) is 0 Å². The number of thiophene rings is 1. The molecule has 0 saturated heterocycles. The highest BCUT2D eigenvalue weighted by atomic mass is 127. The van der Waals surface area contributed by atoms with Crippen molar-refractivity contribution in [2.45, 2.75) is 6.42 Å². The first kappa shape index (κ1) is 20.0. The number of aliphatic imine (C=N–C) groups is 1. The van der Waals surface area contributed by atoms with Crippen molar-refractivity contribution >= 4 is 52.9 Å². The van der Waals surface area contributed by atoms with E-state index in [9.17, 15) is 4.79 Å². The van der Waals surface area contributed by atoms with Gasteiger partial charge in [-0.2, -0.15) is 0 Å². The van der Waals surface area contributed by atoms with Crippen LogP contribution in [0.5, 0.6) is 0 Å². The van der Waals surface area contributed by atoms with Gasteiger partial charge in [-0.1, -0.05) is 18.1 Å². The minimum atomic E-state index is -0.248. The molecule has 1 amide bonds. The first-order valence-corrected chi connectivity index (χ1v) is 7.98. The molecule has 2 aromatic rings. The summed E-state index contributed by atoms with van der Waals surface area (Å²) < 4.78 is 0. The molecule has 0 unspecified atom stereocenters. The normalized spacial score (nSPS) is 10.4. The fraction of sp³-hybridized carbons (Fsp3) is 0.176. The Balaban J connectivity index is 0.00000288. The first-order valence-electron chi connectivity index (χ1n) is 7.10. The average molecular weight is 454 g/mol. The fourth-order valence-corrected chi connectivity index (χ4v) is 2.58.